The number of carboxylic acids is 1. The minimum atomic E-state index is -1.35. The molecule has 0 bridgehead atoms. The van der Waals surface area contributed by atoms with Gasteiger partial charge in [0.05, 0.1) is 0 Å². The maximum Gasteiger partial charge on any atom is 0.328 e. The Balaban J connectivity index is 2.40. The lowest BCUT2D eigenvalue weighted by molar-refractivity contribution is -0.146. The summed E-state index contributed by atoms with van der Waals surface area (Å²) in [5, 5.41) is 14.0. The Labute approximate surface area is 119 Å². The smallest absolute Gasteiger partial charge is 0.328 e. The van der Waals surface area contributed by atoms with Gasteiger partial charge >= 0.3 is 5.97 Å². The standard InChI is InChI=1S/C14H24N2O4/c1-9(12(18)16-14(2,3)13(19)20)15-11(17)8-10-6-4-5-7-10/h9-10H,4-8H2,1-3H3,(H,15,17)(H,16,18)(H,19,20)/t9-/m1/s1. The molecule has 3 N–H and O–H groups in total. The van der Waals surface area contributed by atoms with Crippen LogP contribution in [0.15, 0.2) is 0 Å². The molecule has 0 aliphatic heterocycles. The third-order valence-corrected chi connectivity index (χ3v) is 3.69. The summed E-state index contributed by atoms with van der Waals surface area (Å²) in [5.74, 6) is -1.33. The fourth-order valence-corrected chi connectivity index (χ4v) is 2.31. The summed E-state index contributed by atoms with van der Waals surface area (Å²) in [7, 11) is 0. The van der Waals surface area contributed by atoms with E-state index < -0.39 is 23.5 Å². The summed E-state index contributed by atoms with van der Waals surface area (Å²) >= 11 is 0. The molecule has 0 saturated heterocycles. The number of amides is 2. The van der Waals surface area contributed by atoms with Crippen LogP contribution in [0.25, 0.3) is 0 Å². The summed E-state index contributed by atoms with van der Waals surface area (Å²) < 4.78 is 0. The van der Waals surface area contributed by atoms with Crippen molar-refractivity contribution in [2.45, 2.75) is 64.5 Å². The van der Waals surface area contributed by atoms with E-state index in [9.17, 15) is 14.4 Å². The van der Waals surface area contributed by atoms with Gasteiger partial charge in [0.2, 0.25) is 11.8 Å². The average Bonchev–Trinajstić information content (AvgIpc) is 2.80. The van der Waals surface area contributed by atoms with Gasteiger partial charge < -0.3 is 15.7 Å². The summed E-state index contributed by atoms with van der Waals surface area (Å²) in [6.45, 7) is 4.36. The number of hydrogen-bond donors (Lipinski definition) is 3. The lowest BCUT2D eigenvalue weighted by atomic mass is 10.0. The summed E-state index contributed by atoms with van der Waals surface area (Å²) in [5.41, 5.74) is -1.35. The number of carbonyl (C=O) groups is 3. The molecule has 6 heteroatoms. The van der Waals surface area contributed by atoms with Gasteiger partial charge in [-0.15, -0.1) is 0 Å². The van der Waals surface area contributed by atoms with Crippen molar-refractivity contribution in [2.75, 3.05) is 0 Å². The van der Waals surface area contributed by atoms with E-state index in [0.717, 1.165) is 12.8 Å². The molecular weight excluding hydrogens is 260 g/mol. The third-order valence-electron chi connectivity index (χ3n) is 3.69. The van der Waals surface area contributed by atoms with E-state index in [1.54, 1.807) is 6.92 Å². The van der Waals surface area contributed by atoms with Gasteiger partial charge in [0.25, 0.3) is 0 Å². The van der Waals surface area contributed by atoms with Crippen molar-refractivity contribution in [1.82, 2.24) is 10.6 Å². The van der Waals surface area contributed by atoms with Crippen LogP contribution in [0.3, 0.4) is 0 Å². The number of carbonyl (C=O) groups excluding carboxylic acids is 2. The normalized spacial score (nSPS) is 17.6. The molecule has 1 fully saturated rings. The number of nitrogens with one attached hydrogen (secondary N) is 2. The van der Waals surface area contributed by atoms with Crippen LogP contribution in [0.5, 0.6) is 0 Å². The molecule has 0 aromatic rings. The molecule has 1 rings (SSSR count). The Kier molecular flexibility index (Phi) is 5.53. The molecule has 1 aliphatic rings. The van der Waals surface area contributed by atoms with Crippen molar-refractivity contribution in [1.29, 1.82) is 0 Å². The molecule has 1 saturated carbocycles. The van der Waals surface area contributed by atoms with Gasteiger partial charge in [-0.05, 0) is 39.5 Å². The molecule has 6 nitrogen and oxygen atoms in total. The molecule has 0 aromatic heterocycles. The lowest BCUT2D eigenvalue weighted by Crippen LogP contribution is -2.55. The van der Waals surface area contributed by atoms with Crippen molar-refractivity contribution in [3.05, 3.63) is 0 Å². The van der Waals surface area contributed by atoms with Crippen LogP contribution in [-0.4, -0.2) is 34.5 Å². The average molecular weight is 284 g/mol. The van der Waals surface area contributed by atoms with Crippen LogP contribution in [0.4, 0.5) is 0 Å². The van der Waals surface area contributed by atoms with E-state index in [1.165, 1.54) is 26.7 Å². The highest BCUT2D eigenvalue weighted by molar-refractivity contribution is 5.91. The highest BCUT2D eigenvalue weighted by Gasteiger charge is 2.31. The van der Waals surface area contributed by atoms with E-state index in [-0.39, 0.29) is 5.91 Å². The molecule has 2 amide bonds. The van der Waals surface area contributed by atoms with Crippen molar-refractivity contribution < 1.29 is 19.5 Å². The number of hydrogen-bond acceptors (Lipinski definition) is 3. The van der Waals surface area contributed by atoms with Gasteiger partial charge in [-0.25, -0.2) is 4.79 Å². The Bertz CT molecular complexity index is 387. The van der Waals surface area contributed by atoms with Crippen LogP contribution in [0.2, 0.25) is 0 Å². The second-order valence-electron chi connectivity index (χ2n) is 6.06. The highest BCUT2D eigenvalue weighted by atomic mass is 16.4. The first-order valence-corrected chi connectivity index (χ1v) is 7.07. The van der Waals surface area contributed by atoms with E-state index in [4.69, 9.17) is 5.11 Å². The number of carboxylic acid groups (broad SMARTS) is 1. The summed E-state index contributed by atoms with van der Waals surface area (Å²) in [6.07, 6.45) is 4.92. The molecule has 1 atom stereocenters. The van der Waals surface area contributed by atoms with Crippen LogP contribution in [0.1, 0.15) is 52.9 Å². The predicted molar refractivity (Wildman–Crippen MR) is 74.0 cm³/mol. The van der Waals surface area contributed by atoms with Crippen LogP contribution in [0, 0.1) is 5.92 Å². The molecule has 20 heavy (non-hydrogen) atoms. The fourth-order valence-electron chi connectivity index (χ4n) is 2.31. The summed E-state index contributed by atoms with van der Waals surface area (Å²) in [4.78, 5) is 34.6. The SMILES string of the molecule is C[C@@H](NC(=O)CC1CCCC1)C(=O)NC(C)(C)C(=O)O. The summed E-state index contributed by atoms with van der Waals surface area (Å²) in [6, 6.07) is -0.734. The van der Waals surface area contributed by atoms with Gasteiger partial charge in [0, 0.05) is 6.42 Å². The zero-order valence-electron chi connectivity index (χ0n) is 12.4. The van der Waals surface area contributed by atoms with Gasteiger partial charge in [-0.3, -0.25) is 9.59 Å². The topological polar surface area (TPSA) is 95.5 Å². The van der Waals surface area contributed by atoms with Gasteiger partial charge in [-0.1, -0.05) is 12.8 Å². The Hall–Kier alpha value is -1.59. The number of rotatable bonds is 6. The fraction of sp³-hybridized carbons (Fsp3) is 0.786. The third kappa shape index (κ3) is 4.83. The van der Waals surface area contributed by atoms with E-state index in [1.807, 2.05) is 0 Å². The highest BCUT2D eigenvalue weighted by Crippen LogP contribution is 2.27. The van der Waals surface area contributed by atoms with E-state index in [2.05, 4.69) is 10.6 Å². The largest absolute Gasteiger partial charge is 0.480 e. The zero-order chi connectivity index (χ0) is 15.3. The maximum atomic E-state index is 11.8. The van der Waals surface area contributed by atoms with E-state index in [0.29, 0.717) is 12.3 Å². The van der Waals surface area contributed by atoms with Crippen molar-refractivity contribution in [2.24, 2.45) is 5.92 Å². The van der Waals surface area contributed by atoms with Crippen LogP contribution < -0.4 is 10.6 Å². The molecular formula is C14H24N2O4. The molecule has 0 radical (unpaired) electrons. The van der Waals surface area contributed by atoms with Crippen molar-refractivity contribution in [3.63, 3.8) is 0 Å². The second kappa shape index (κ2) is 6.72. The molecule has 0 heterocycles. The van der Waals surface area contributed by atoms with Crippen LogP contribution >= 0.6 is 0 Å². The Morgan fingerprint density at radius 3 is 2.30 bits per heavy atom. The number of aliphatic carboxylic acids is 1. The molecule has 0 spiro atoms. The quantitative estimate of drug-likeness (QED) is 0.679. The Morgan fingerprint density at radius 2 is 1.80 bits per heavy atom. The lowest BCUT2D eigenvalue weighted by Gasteiger charge is -2.24. The van der Waals surface area contributed by atoms with Crippen molar-refractivity contribution >= 4 is 17.8 Å². The first-order valence-electron chi connectivity index (χ1n) is 7.07. The zero-order valence-corrected chi connectivity index (χ0v) is 12.4. The predicted octanol–water partition coefficient (Wildman–Crippen LogP) is 1.05. The van der Waals surface area contributed by atoms with Crippen molar-refractivity contribution in [3.8, 4) is 0 Å². The van der Waals surface area contributed by atoms with Gasteiger partial charge in [0.15, 0.2) is 0 Å². The second-order valence-corrected chi connectivity index (χ2v) is 6.06. The van der Waals surface area contributed by atoms with Crippen LogP contribution in [-0.2, 0) is 14.4 Å². The molecule has 0 aromatic carbocycles. The minimum Gasteiger partial charge on any atom is -0.480 e. The van der Waals surface area contributed by atoms with E-state index >= 15 is 0 Å². The Morgan fingerprint density at radius 1 is 1.25 bits per heavy atom. The monoisotopic (exact) mass is 284 g/mol. The molecule has 114 valence electrons. The van der Waals surface area contributed by atoms with Gasteiger partial charge in [0.1, 0.15) is 11.6 Å². The minimum absolute atomic E-state index is 0.146. The maximum absolute atomic E-state index is 11.8. The van der Waals surface area contributed by atoms with Gasteiger partial charge in [-0.2, -0.15) is 0 Å². The molecule has 1 aliphatic carbocycles. The first-order chi connectivity index (χ1) is 9.22. The molecule has 0 unspecified atom stereocenters. The first kappa shape index (κ1) is 16.5.